The number of carbonyl (C=O) groups excluding carboxylic acids is 2. The van der Waals surface area contributed by atoms with Crippen molar-refractivity contribution >= 4 is 29.7 Å². The number of benzene rings is 2. The van der Waals surface area contributed by atoms with Crippen LogP contribution in [0.5, 0.6) is 0 Å². The van der Waals surface area contributed by atoms with Crippen molar-refractivity contribution < 1.29 is 24.2 Å². The molecular weight excluding hydrogens is 464 g/mol. The minimum absolute atomic E-state index is 0.0113. The second kappa shape index (κ2) is 8.59. The van der Waals surface area contributed by atoms with E-state index in [0.717, 1.165) is 12.8 Å². The van der Waals surface area contributed by atoms with Crippen LogP contribution in [0.4, 0.5) is 4.79 Å². The van der Waals surface area contributed by atoms with Gasteiger partial charge in [-0.25, -0.2) is 4.79 Å². The van der Waals surface area contributed by atoms with E-state index in [0.29, 0.717) is 18.7 Å². The van der Waals surface area contributed by atoms with Crippen molar-refractivity contribution in [1.82, 2.24) is 10.2 Å². The van der Waals surface area contributed by atoms with Gasteiger partial charge in [0.15, 0.2) is 0 Å². The average molecular weight is 493 g/mol. The number of rotatable bonds is 5. The molecule has 3 fully saturated rings. The Bertz CT molecular complexity index is 1160. The molecule has 4 aliphatic rings. The molecule has 182 valence electrons. The molecule has 3 aliphatic carbocycles. The predicted octanol–water partition coefficient (Wildman–Crippen LogP) is 3.72. The van der Waals surface area contributed by atoms with Crippen LogP contribution in [-0.2, 0) is 14.3 Å². The third-order valence-electron chi connectivity index (χ3n) is 8.13. The highest BCUT2D eigenvalue weighted by Gasteiger charge is 2.66. The first-order valence-electron chi connectivity index (χ1n) is 12.2. The van der Waals surface area contributed by atoms with Crippen molar-refractivity contribution in [3.05, 3.63) is 59.7 Å². The molecule has 2 saturated carbocycles. The van der Waals surface area contributed by atoms with Crippen molar-refractivity contribution in [1.29, 1.82) is 0 Å². The Hall–Kier alpha value is -3.00. The van der Waals surface area contributed by atoms with Gasteiger partial charge in [-0.05, 0) is 47.4 Å². The van der Waals surface area contributed by atoms with Gasteiger partial charge in [0.1, 0.15) is 11.9 Å². The van der Waals surface area contributed by atoms with Crippen LogP contribution in [0.25, 0.3) is 11.1 Å². The first-order chi connectivity index (χ1) is 17.0. The van der Waals surface area contributed by atoms with E-state index in [4.69, 9.17) is 4.74 Å². The lowest BCUT2D eigenvalue weighted by Gasteiger charge is -2.33. The van der Waals surface area contributed by atoms with Crippen LogP contribution in [0, 0.1) is 11.3 Å². The van der Waals surface area contributed by atoms with Crippen molar-refractivity contribution in [2.75, 3.05) is 25.4 Å². The smallest absolute Gasteiger partial charge is 0.407 e. The molecule has 4 unspecified atom stereocenters. The highest BCUT2D eigenvalue weighted by Crippen LogP contribution is 2.64. The number of nitrogens with zero attached hydrogens (tertiary/aromatic N) is 1. The highest BCUT2D eigenvalue weighted by molar-refractivity contribution is 8.00. The number of fused-ring (bicyclic) bond motifs is 4. The number of ether oxygens (including phenoxy) is 1. The molecule has 1 saturated heterocycles. The van der Waals surface area contributed by atoms with Gasteiger partial charge in [-0.1, -0.05) is 48.5 Å². The van der Waals surface area contributed by atoms with Crippen LogP contribution in [0.2, 0.25) is 0 Å². The summed E-state index contributed by atoms with van der Waals surface area (Å²) in [5.41, 5.74) is 4.29. The van der Waals surface area contributed by atoms with Gasteiger partial charge in [-0.3, -0.25) is 9.59 Å². The van der Waals surface area contributed by atoms with E-state index in [1.807, 2.05) is 24.3 Å². The quantitative estimate of drug-likeness (QED) is 0.661. The van der Waals surface area contributed by atoms with E-state index in [2.05, 4.69) is 29.6 Å². The van der Waals surface area contributed by atoms with E-state index >= 15 is 0 Å². The summed E-state index contributed by atoms with van der Waals surface area (Å²) < 4.78 is 5.69. The fourth-order valence-corrected chi connectivity index (χ4v) is 7.41. The van der Waals surface area contributed by atoms with Gasteiger partial charge in [-0.15, -0.1) is 11.8 Å². The number of thioether (sulfide) groups is 1. The lowest BCUT2D eigenvalue weighted by molar-refractivity contribution is -0.140. The maximum atomic E-state index is 13.3. The molecule has 35 heavy (non-hydrogen) atoms. The van der Waals surface area contributed by atoms with Crippen molar-refractivity contribution in [2.24, 2.45) is 11.3 Å². The zero-order valence-electron chi connectivity index (χ0n) is 19.3. The van der Waals surface area contributed by atoms with Gasteiger partial charge in [-0.2, -0.15) is 0 Å². The molecule has 8 heteroatoms. The maximum absolute atomic E-state index is 13.3. The van der Waals surface area contributed by atoms with Gasteiger partial charge in [0.25, 0.3) is 0 Å². The zero-order valence-corrected chi connectivity index (χ0v) is 20.1. The summed E-state index contributed by atoms with van der Waals surface area (Å²) >= 11 is 1.40. The number of nitrogens with one attached hydrogen (secondary N) is 1. The fraction of sp³-hybridized carbons (Fsp3) is 0.444. The van der Waals surface area contributed by atoms with E-state index < -0.39 is 22.7 Å². The highest BCUT2D eigenvalue weighted by atomic mass is 32.2. The SMILES string of the molecule is O=C(NC1CC2CC2(C(=O)N2CCSC(C(=O)O)C2)C1)OCC1c2ccccc2-c2ccccc21. The Morgan fingerprint density at radius 1 is 1.06 bits per heavy atom. The molecule has 2 aromatic rings. The number of carboxylic acid groups (broad SMARTS) is 1. The lowest BCUT2D eigenvalue weighted by Crippen LogP contribution is -2.48. The van der Waals surface area contributed by atoms with E-state index in [1.54, 1.807) is 4.90 Å². The number of hydrogen-bond donors (Lipinski definition) is 2. The number of carboxylic acids is 1. The largest absolute Gasteiger partial charge is 0.480 e. The third-order valence-corrected chi connectivity index (χ3v) is 9.30. The Labute approximate surface area is 208 Å². The van der Waals surface area contributed by atoms with Crippen LogP contribution in [0.3, 0.4) is 0 Å². The second-order valence-corrected chi connectivity index (χ2v) is 11.4. The molecule has 0 bridgehead atoms. The molecule has 0 aromatic heterocycles. The maximum Gasteiger partial charge on any atom is 0.407 e. The lowest BCUT2D eigenvalue weighted by atomic mass is 9.98. The molecule has 2 aromatic carbocycles. The Morgan fingerprint density at radius 3 is 2.43 bits per heavy atom. The predicted molar refractivity (Wildman–Crippen MR) is 132 cm³/mol. The van der Waals surface area contributed by atoms with Gasteiger partial charge >= 0.3 is 12.1 Å². The monoisotopic (exact) mass is 492 g/mol. The number of alkyl carbamates (subject to hydrolysis) is 1. The van der Waals surface area contributed by atoms with E-state index in [9.17, 15) is 19.5 Å². The molecule has 4 atom stereocenters. The molecule has 0 radical (unpaired) electrons. The summed E-state index contributed by atoms with van der Waals surface area (Å²) in [5, 5.41) is 11.8. The standard InChI is InChI=1S/C27H28N2O5S/c30-24(31)23-14-29(9-10-35-23)25(32)27-12-16(27)11-17(13-27)28-26(33)34-15-22-20-7-3-1-5-18(20)19-6-2-4-8-21(19)22/h1-8,16-17,22-23H,9-15H2,(H,28,33)(H,30,31). The minimum atomic E-state index is -0.862. The molecule has 7 nitrogen and oxygen atoms in total. The van der Waals surface area contributed by atoms with Crippen LogP contribution in [0.15, 0.2) is 48.5 Å². The number of amides is 2. The van der Waals surface area contributed by atoms with Crippen LogP contribution < -0.4 is 5.32 Å². The van der Waals surface area contributed by atoms with E-state index in [1.165, 1.54) is 34.0 Å². The normalized spacial score (nSPS) is 28.6. The molecule has 1 aliphatic heterocycles. The molecule has 2 amide bonds. The summed E-state index contributed by atoms with van der Waals surface area (Å²) in [6.07, 6.45) is 1.75. The minimum Gasteiger partial charge on any atom is -0.480 e. The second-order valence-electron chi connectivity index (χ2n) is 10.1. The van der Waals surface area contributed by atoms with E-state index in [-0.39, 0.29) is 36.9 Å². The van der Waals surface area contributed by atoms with Crippen LogP contribution in [-0.4, -0.2) is 64.7 Å². The van der Waals surface area contributed by atoms with Crippen LogP contribution >= 0.6 is 11.8 Å². The molecule has 0 spiro atoms. The molecule has 2 N–H and O–H groups in total. The summed E-state index contributed by atoms with van der Waals surface area (Å²) in [4.78, 5) is 39.1. The first kappa shape index (κ1) is 22.5. The Kier molecular flexibility index (Phi) is 5.51. The molecule has 1 heterocycles. The van der Waals surface area contributed by atoms with Gasteiger partial charge < -0.3 is 20.1 Å². The zero-order chi connectivity index (χ0) is 24.2. The Balaban J connectivity index is 1.06. The van der Waals surface area contributed by atoms with Crippen molar-refractivity contribution in [2.45, 2.75) is 36.5 Å². The number of carbonyl (C=O) groups is 3. The van der Waals surface area contributed by atoms with Gasteiger partial charge in [0, 0.05) is 30.8 Å². The average Bonchev–Trinajstić information content (AvgIpc) is 3.30. The fourth-order valence-electron chi connectivity index (χ4n) is 6.37. The van der Waals surface area contributed by atoms with Gasteiger partial charge in [0.05, 0.1) is 5.41 Å². The first-order valence-corrected chi connectivity index (χ1v) is 13.3. The van der Waals surface area contributed by atoms with Crippen molar-refractivity contribution in [3.63, 3.8) is 0 Å². The topological polar surface area (TPSA) is 95.9 Å². The van der Waals surface area contributed by atoms with Crippen molar-refractivity contribution in [3.8, 4) is 11.1 Å². The summed E-state index contributed by atoms with van der Waals surface area (Å²) in [5.74, 6) is 0.110. The van der Waals surface area contributed by atoms with Gasteiger partial charge in [0.2, 0.25) is 5.91 Å². The number of aliphatic carboxylic acids is 1. The molecule has 6 rings (SSSR count). The Morgan fingerprint density at radius 2 is 1.74 bits per heavy atom. The number of hydrogen-bond acceptors (Lipinski definition) is 5. The van der Waals surface area contributed by atoms with Crippen LogP contribution in [0.1, 0.15) is 36.3 Å². The summed E-state index contributed by atoms with van der Waals surface area (Å²) in [7, 11) is 0. The summed E-state index contributed by atoms with van der Waals surface area (Å²) in [6.45, 7) is 1.12. The third kappa shape index (κ3) is 3.88. The summed E-state index contributed by atoms with van der Waals surface area (Å²) in [6, 6.07) is 16.4. The molecular formula is C27H28N2O5S.